The van der Waals surface area contributed by atoms with Crippen molar-refractivity contribution in [1.82, 2.24) is 5.32 Å². The van der Waals surface area contributed by atoms with Crippen molar-refractivity contribution in [2.45, 2.75) is 26.4 Å². The smallest absolute Gasteiger partial charge is 0.274 e. The third kappa shape index (κ3) is 4.84. The molecule has 0 radical (unpaired) electrons. The van der Waals surface area contributed by atoms with Gasteiger partial charge in [-0.15, -0.1) is 12.4 Å². The molecule has 19 heavy (non-hydrogen) atoms. The van der Waals surface area contributed by atoms with Crippen LogP contribution in [0.4, 0.5) is 5.69 Å². The normalized spacial score (nSPS) is 11.6. The Morgan fingerprint density at radius 3 is 2.53 bits per heavy atom. The van der Waals surface area contributed by atoms with Crippen LogP contribution < -0.4 is 11.1 Å². The lowest BCUT2D eigenvalue weighted by molar-refractivity contribution is -0.385. The van der Waals surface area contributed by atoms with Crippen LogP contribution >= 0.6 is 12.4 Å². The highest BCUT2D eigenvalue weighted by molar-refractivity contribution is 5.85. The predicted octanol–water partition coefficient (Wildman–Crippen LogP) is 1.62. The van der Waals surface area contributed by atoms with Gasteiger partial charge >= 0.3 is 0 Å². The topological polar surface area (TPSA) is 98.3 Å². The van der Waals surface area contributed by atoms with E-state index in [0.717, 1.165) is 0 Å². The lowest BCUT2D eigenvalue weighted by Gasteiger charge is -2.15. The van der Waals surface area contributed by atoms with Crippen LogP contribution in [0.5, 0.6) is 0 Å². The van der Waals surface area contributed by atoms with Gasteiger partial charge in [0.2, 0.25) is 5.91 Å². The number of carbonyl (C=O) groups is 1. The van der Waals surface area contributed by atoms with Gasteiger partial charge in [-0.05, 0) is 5.92 Å². The number of nitrogens with one attached hydrogen (secondary N) is 1. The van der Waals surface area contributed by atoms with Crippen molar-refractivity contribution in [3.63, 3.8) is 0 Å². The van der Waals surface area contributed by atoms with Crippen LogP contribution in [-0.4, -0.2) is 16.9 Å². The second kappa shape index (κ2) is 7.70. The quantitative estimate of drug-likeness (QED) is 0.635. The molecule has 0 aromatic heterocycles. The third-order valence-electron chi connectivity index (χ3n) is 2.66. The van der Waals surface area contributed by atoms with E-state index < -0.39 is 11.0 Å². The Balaban J connectivity index is 0.00000324. The van der Waals surface area contributed by atoms with Crippen LogP contribution in [0.2, 0.25) is 0 Å². The Kier molecular flexibility index (Phi) is 7.03. The fourth-order valence-electron chi connectivity index (χ4n) is 1.44. The number of para-hydroxylation sites is 1. The van der Waals surface area contributed by atoms with Crippen LogP contribution in [-0.2, 0) is 11.3 Å². The molecule has 0 heterocycles. The van der Waals surface area contributed by atoms with E-state index in [-0.39, 0.29) is 36.5 Å². The zero-order valence-electron chi connectivity index (χ0n) is 10.8. The average molecular weight is 288 g/mol. The molecule has 0 saturated heterocycles. The molecule has 0 saturated carbocycles. The highest BCUT2D eigenvalue weighted by Crippen LogP contribution is 2.17. The largest absolute Gasteiger partial charge is 0.350 e. The van der Waals surface area contributed by atoms with Crippen molar-refractivity contribution in [2.75, 3.05) is 0 Å². The number of hydrogen-bond acceptors (Lipinski definition) is 4. The molecular weight excluding hydrogens is 270 g/mol. The molecule has 106 valence electrons. The summed E-state index contributed by atoms with van der Waals surface area (Å²) in [5.41, 5.74) is 6.14. The van der Waals surface area contributed by atoms with Crippen molar-refractivity contribution in [3.05, 3.63) is 39.9 Å². The standard InChI is InChI=1S/C12H17N3O3.ClH/c1-8(2)11(13)12(16)14-7-9-5-3-4-6-10(9)15(17)18;/h3-6,8,11H,7,13H2,1-2H3,(H,14,16);1H/t11-;/m1./s1. The van der Waals surface area contributed by atoms with Gasteiger partial charge in [-0.1, -0.05) is 32.0 Å². The molecule has 0 fully saturated rings. The first-order valence-corrected chi connectivity index (χ1v) is 5.69. The molecule has 1 rings (SSSR count). The van der Waals surface area contributed by atoms with Crippen LogP contribution in [0, 0.1) is 16.0 Å². The Morgan fingerprint density at radius 1 is 1.42 bits per heavy atom. The van der Waals surface area contributed by atoms with Gasteiger partial charge in [0.1, 0.15) is 0 Å². The third-order valence-corrected chi connectivity index (χ3v) is 2.66. The maximum atomic E-state index is 11.6. The van der Waals surface area contributed by atoms with Crippen LogP contribution in [0.1, 0.15) is 19.4 Å². The van der Waals surface area contributed by atoms with E-state index in [2.05, 4.69) is 5.32 Å². The Bertz CT molecular complexity index is 452. The van der Waals surface area contributed by atoms with Crippen molar-refractivity contribution in [3.8, 4) is 0 Å². The number of amides is 1. The molecule has 1 aromatic rings. The molecule has 1 atom stereocenters. The van der Waals surface area contributed by atoms with Gasteiger partial charge in [0.25, 0.3) is 5.69 Å². The molecule has 0 aliphatic heterocycles. The molecule has 3 N–H and O–H groups in total. The number of nitrogens with two attached hydrogens (primary N) is 1. The minimum atomic E-state index is -0.604. The highest BCUT2D eigenvalue weighted by Gasteiger charge is 2.18. The Morgan fingerprint density at radius 2 is 2.00 bits per heavy atom. The molecule has 6 nitrogen and oxygen atoms in total. The van der Waals surface area contributed by atoms with Crippen LogP contribution in [0.25, 0.3) is 0 Å². The Labute approximate surface area is 117 Å². The van der Waals surface area contributed by atoms with Gasteiger partial charge in [0.05, 0.1) is 11.0 Å². The second-order valence-electron chi connectivity index (χ2n) is 4.37. The fourth-order valence-corrected chi connectivity index (χ4v) is 1.44. The van der Waals surface area contributed by atoms with E-state index >= 15 is 0 Å². The summed E-state index contributed by atoms with van der Waals surface area (Å²) in [6.45, 7) is 3.79. The summed E-state index contributed by atoms with van der Waals surface area (Å²) in [5.74, 6) is -0.279. The minimum absolute atomic E-state index is 0. The van der Waals surface area contributed by atoms with E-state index in [1.807, 2.05) is 13.8 Å². The number of carbonyl (C=O) groups excluding carboxylic acids is 1. The van der Waals surface area contributed by atoms with Gasteiger partial charge in [-0.25, -0.2) is 0 Å². The summed E-state index contributed by atoms with van der Waals surface area (Å²) < 4.78 is 0. The number of benzene rings is 1. The zero-order chi connectivity index (χ0) is 13.7. The summed E-state index contributed by atoms with van der Waals surface area (Å²) in [5, 5.41) is 13.4. The van der Waals surface area contributed by atoms with Crippen molar-refractivity contribution >= 4 is 24.0 Å². The lowest BCUT2D eigenvalue weighted by Crippen LogP contribution is -2.43. The van der Waals surface area contributed by atoms with Gasteiger partial charge in [-0.3, -0.25) is 14.9 Å². The van der Waals surface area contributed by atoms with Crippen molar-refractivity contribution in [2.24, 2.45) is 11.7 Å². The molecule has 0 aliphatic carbocycles. The molecule has 0 aliphatic rings. The predicted molar refractivity (Wildman–Crippen MR) is 75.0 cm³/mol. The van der Waals surface area contributed by atoms with E-state index in [9.17, 15) is 14.9 Å². The average Bonchev–Trinajstić information content (AvgIpc) is 2.35. The van der Waals surface area contributed by atoms with Crippen molar-refractivity contribution in [1.29, 1.82) is 0 Å². The van der Waals surface area contributed by atoms with E-state index in [0.29, 0.717) is 5.56 Å². The number of nitro groups is 1. The maximum absolute atomic E-state index is 11.6. The SMILES string of the molecule is CC(C)[C@@H](N)C(=O)NCc1ccccc1[N+](=O)[O-].Cl. The van der Waals surface area contributed by atoms with E-state index in [1.54, 1.807) is 18.2 Å². The number of hydrogen-bond donors (Lipinski definition) is 2. The lowest BCUT2D eigenvalue weighted by atomic mass is 10.0. The summed E-state index contributed by atoms with van der Waals surface area (Å²) in [6, 6.07) is 5.69. The molecular formula is C12H18ClN3O3. The molecule has 0 unspecified atom stereocenters. The Hall–Kier alpha value is -1.66. The van der Waals surface area contributed by atoms with Crippen molar-refractivity contribution < 1.29 is 9.72 Å². The number of halogens is 1. The molecule has 7 heteroatoms. The second-order valence-corrected chi connectivity index (χ2v) is 4.37. The first kappa shape index (κ1) is 17.3. The molecule has 0 bridgehead atoms. The summed E-state index contributed by atoms with van der Waals surface area (Å²) in [7, 11) is 0. The fraction of sp³-hybridized carbons (Fsp3) is 0.417. The van der Waals surface area contributed by atoms with E-state index in [4.69, 9.17) is 5.73 Å². The summed E-state index contributed by atoms with van der Waals surface area (Å²) >= 11 is 0. The van der Waals surface area contributed by atoms with Crippen LogP contribution in [0.3, 0.4) is 0 Å². The van der Waals surface area contributed by atoms with Gasteiger partial charge in [0.15, 0.2) is 0 Å². The molecule has 1 aromatic carbocycles. The van der Waals surface area contributed by atoms with E-state index in [1.165, 1.54) is 6.07 Å². The molecule has 0 spiro atoms. The minimum Gasteiger partial charge on any atom is -0.350 e. The monoisotopic (exact) mass is 287 g/mol. The van der Waals surface area contributed by atoms with Gasteiger partial charge in [-0.2, -0.15) is 0 Å². The number of nitrogens with zero attached hydrogens (tertiary/aromatic N) is 1. The van der Waals surface area contributed by atoms with Crippen LogP contribution in [0.15, 0.2) is 24.3 Å². The molecule has 1 amide bonds. The van der Waals surface area contributed by atoms with Gasteiger partial charge in [0, 0.05) is 18.2 Å². The number of rotatable bonds is 5. The first-order chi connectivity index (χ1) is 8.43. The number of nitro benzene ring substituents is 1. The highest BCUT2D eigenvalue weighted by atomic mass is 35.5. The summed E-state index contributed by atoms with van der Waals surface area (Å²) in [4.78, 5) is 21.9. The van der Waals surface area contributed by atoms with Gasteiger partial charge < -0.3 is 11.1 Å². The first-order valence-electron chi connectivity index (χ1n) is 5.69. The maximum Gasteiger partial charge on any atom is 0.274 e. The zero-order valence-corrected chi connectivity index (χ0v) is 11.6. The summed E-state index contributed by atoms with van der Waals surface area (Å²) in [6.07, 6.45) is 0.